The number of halogens is 1. The summed E-state index contributed by atoms with van der Waals surface area (Å²) in [6.07, 6.45) is 0. The number of hydrogen-bond acceptors (Lipinski definition) is 4. The summed E-state index contributed by atoms with van der Waals surface area (Å²) in [4.78, 5) is 23.8. The molecule has 7 heteroatoms. The number of hydrogen-bond donors (Lipinski definition) is 2. The van der Waals surface area contributed by atoms with Crippen LogP contribution in [-0.4, -0.2) is 31.4 Å². The molecule has 0 heterocycles. The van der Waals surface area contributed by atoms with Gasteiger partial charge in [-0.1, -0.05) is 22.0 Å². The Morgan fingerprint density at radius 2 is 1.42 bits per heavy atom. The second kappa shape index (κ2) is 8.35. The van der Waals surface area contributed by atoms with Gasteiger partial charge in [0.15, 0.2) is 0 Å². The van der Waals surface area contributed by atoms with Crippen molar-refractivity contribution in [2.75, 3.05) is 30.2 Å². The van der Waals surface area contributed by atoms with Gasteiger partial charge in [-0.2, -0.15) is 0 Å². The lowest BCUT2D eigenvalue weighted by atomic mass is 10.1. The second-order valence-corrected chi connectivity index (χ2v) is 5.31. The van der Waals surface area contributed by atoms with Crippen LogP contribution in [0.3, 0.4) is 0 Å². The van der Waals surface area contributed by atoms with E-state index in [1.165, 1.54) is 14.2 Å². The molecule has 126 valence electrons. The van der Waals surface area contributed by atoms with E-state index in [0.29, 0.717) is 28.4 Å². The number of alkyl halides is 1. The summed E-state index contributed by atoms with van der Waals surface area (Å²) in [6, 6.07) is 11.9. The molecule has 2 rings (SSSR count). The van der Waals surface area contributed by atoms with E-state index in [1.807, 2.05) is 0 Å². The van der Waals surface area contributed by atoms with Crippen molar-refractivity contribution >= 4 is 39.1 Å². The van der Waals surface area contributed by atoms with Crippen LogP contribution in [0.5, 0.6) is 11.5 Å². The van der Waals surface area contributed by atoms with Crippen molar-refractivity contribution in [3.8, 4) is 11.5 Å². The van der Waals surface area contributed by atoms with E-state index >= 15 is 0 Å². The first kappa shape index (κ1) is 17.8. The number of anilines is 2. The fraction of sp³-hybridized carbons (Fsp3) is 0.176. The quantitative estimate of drug-likeness (QED) is 0.739. The average Bonchev–Trinajstić information content (AvgIpc) is 2.62. The van der Waals surface area contributed by atoms with Crippen molar-refractivity contribution in [2.45, 2.75) is 0 Å². The monoisotopic (exact) mass is 392 g/mol. The average molecular weight is 393 g/mol. The molecule has 2 aromatic rings. The number of carbonyl (C=O) groups is 2. The van der Waals surface area contributed by atoms with Gasteiger partial charge in [-0.3, -0.25) is 9.59 Å². The van der Waals surface area contributed by atoms with Crippen LogP contribution in [0, 0.1) is 0 Å². The second-order valence-electron chi connectivity index (χ2n) is 4.75. The molecule has 2 amide bonds. The Balaban J connectivity index is 2.17. The third-order valence-electron chi connectivity index (χ3n) is 3.20. The summed E-state index contributed by atoms with van der Waals surface area (Å²) in [5.41, 5.74) is 1.55. The molecule has 0 spiro atoms. The zero-order valence-corrected chi connectivity index (χ0v) is 14.8. The molecule has 2 aromatic carbocycles. The van der Waals surface area contributed by atoms with Gasteiger partial charge in [0.25, 0.3) is 5.91 Å². The van der Waals surface area contributed by atoms with Crippen LogP contribution in [-0.2, 0) is 4.79 Å². The Hall–Kier alpha value is -2.54. The van der Waals surface area contributed by atoms with Gasteiger partial charge < -0.3 is 20.1 Å². The lowest BCUT2D eigenvalue weighted by Crippen LogP contribution is -2.15. The van der Waals surface area contributed by atoms with E-state index < -0.39 is 0 Å². The number of carbonyl (C=O) groups excluding carboxylic acids is 2. The van der Waals surface area contributed by atoms with Crippen LogP contribution in [0.2, 0.25) is 0 Å². The lowest BCUT2D eigenvalue weighted by Gasteiger charge is -2.13. The number of ether oxygens (including phenoxy) is 2. The molecule has 0 bridgehead atoms. The van der Waals surface area contributed by atoms with Gasteiger partial charge in [0.2, 0.25) is 5.91 Å². The van der Waals surface area contributed by atoms with Gasteiger partial charge in [-0.15, -0.1) is 0 Å². The third-order valence-corrected chi connectivity index (χ3v) is 3.71. The molecule has 0 fully saturated rings. The zero-order chi connectivity index (χ0) is 17.5. The first-order valence-electron chi connectivity index (χ1n) is 7.07. The van der Waals surface area contributed by atoms with E-state index in [4.69, 9.17) is 9.47 Å². The van der Waals surface area contributed by atoms with Gasteiger partial charge in [-0.25, -0.2) is 0 Å². The van der Waals surface area contributed by atoms with Crippen LogP contribution in [0.25, 0.3) is 0 Å². The molecule has 2 N–H and O–H groups in total. The van der Waals surface area contributed by atoms with Gasteiger partial charge in [0.05, 0.1) is 19.5 Å². The summed E-state index contributed by atoms with van der Waals surface area (Å²) in [5, 5.41) is 5.70. The molecule has 0 aliphatic carbocycles. The number of rotatable bonds is 6. The van der Waals surface area contributed by atoms with Crippen molar-refractivity contribution in [3.63, 3.8) is 0 Å². The Morgan fingerprint density at radius 3 is 1.88 bits per heavy atom. The van der Waals surface area contributed by atoms with E-state index in [-0.39, 0.29) is 17.1 Å². The predicted octanol–water partition coefficient (Wildman–Crippen LogP) is 3.29. The van der Waals surface area contributed by atoms with E-state index in [0.717, 1.165) is 0 Å². The van der Waals surface area contributed by atoms with Gasteiger partial charge in [0, 0.05) is 11.4 Å². The summed E-state index contributed by atoms with van der Waals surface area (Å²) >= 11 is 3.08. The van der Waals surface area contributed by atoms with Gasteiger partial charge >= 0.3 is 0 Å². The van der Waals surface area contributed by atoms with Crippen molar-refractivity contribution in [1.29, 1.82) is 0 Å². The smallest absolute Gasteiger partial charge is 0.263 e. The molecule has 0 radical (unpaired) electrons. The lowest BCUT2D eigenvalue weighted by molar-refractivity contribution is -0.113. The van der Waals surface area contributed by atoms with E-state index in [2.05, 4.69) is 26.6 Å². The zero-order valence-electron chi connectivity index (χ0n) is 13.3. The van der Waals surface area contributed by atoms with Crippen molar-refractivity contribution in [3.05, 3.63) is 48.0 Å². The normalized spacial score (nSPS) is 9.96. The highest BCUT2D eigenvalue weighted by molar-refractivity contribution is 9.09. The SMILES string of the molecule is COc1cccc(OC)c1C(=O)Nc1ccc(NC(=O)CBr)cc1. The molecular formula is C17H17BrN2O4. The molecule has 24 heavy (non-hydrogen) atoms. The number of nitrogens with one attached hydrogen (secondary N) is 2. The Labute approximate surface area is 148 Å². The summed E-state index contributed by atoms with van der Waals surface area (Å²) in [5.74, 6) is 0.355. The number of benzene rings is 2. The molecule has 0 unspecified atom stereocenters. The number of amides is 2. The van der Waals surface area contributed by atoms with Gasteiger partial charge in [-0.05, 0) is 36.4 Å². The van der Waals surface area contributed by atoms with Crippen molar-refractivity contribution < 1.29 is 19.1 Å². The van der Waals surface area contributed by atoms with Crippen LogP contribution in [0.15, 0.2) is 42.5 Å². The van der Waals surface area contributed by atoms with Crippen molar-refractivity contribution in [2.24, 2.45) is 0 Å². The van der Waals surface area contributed by atoms with Crippen LogP contribution >= 0.6 is 15.9 Å². The van der Waals surface area contributed by atoms with Crippen LogP contribution in [0.4, 0.5) is 11.4 Å². The topological polar surface area (TPSA) is 76.7 Å². The van der Waals surface area contributed by atoms with Crippen molar-refractivity contribution in [1.82, 2.24) is 0 Å². The molecule has 0 aliphatic heterocycles. The predicted molar refractivity (Wildman–Crippen MR) is 96.4 cm³/mol. The molecule has 0 saturated carbocycles. The summed E-state index contributed by atoms with van der Waals surface area (Å²) < 4.78 is 10.5. The van der Waals surface area contributed by atoms with E-state index in [1.54, 1.807) is 42.5 Å². The highest BCUT2D eigenvalue weighted by atomic mass is 79.9. The minimum Gasteiger partial charge on any atom is -0.496 e. The maximum atomic E-state index is 12.5. The molecule has 0 saturated heterocycles. The molecule has 0 aliphatic rings. The maximum absolute atomic E-state index is 12.5. The fourth-order valence-corrected chi connectivity index (χ4v) is 2.24. The standard InChI is InChI=1S/C17H17BrN2O4/c1-23-13-4-3-5-14(24-2)16(13)17(22)20-12-8-6-11(7-9-12)19-15(21)10-18/h3-9H,10H2,1-2H3,(H,19,21)(H,20,22). The highest BCUT2D eigenvalue weighted by Crippen LogP contribution is 2.29. The van der Waals surface area contributed by atoms with Crippen LogP contribution in [0.1, 0.15) is 10.4 Å². The third kappa shape index (κ3) is 4.26. The van der Waals surface area contributed by atoms with Gasteiger partial charge in [0.1, 0.15) is 17.1 Å². The minimum absolute atomic E-state index is 0.148. The largest absolute Gasteiger partial charge is 0.496 e. The fourth-order valence-electron chi connectivity index (χ4n) is 2.10. The Morgan fingerprint density at radius 1 is 0.917 bits per heavy atom. The highest BCUT2D eigenvalue weighted by Gasteiger charge is 2.18. The molecular weight excluding hydrogens is 376 g/mol. The summed E-state index contributed by atoms with van der Waals surface area (Å²) in [7, 11) is 2.99. The molecule has 6 nitrogen and oxygen atoms in total. The molecule has 0 atom stereocenters. The first-order valence-corrected chi connectivity index (χ1v) is 8.19. The first-order chi connectivity index (χ1) is 11.6. The summed E-state index contributed by atoms with van der Waals surface area (Å²) in [6.45, 7) is 0. The molecule has 0 aromatic heterocycles. The maximum Gasteiger partial charge on any atom is 0.263 e. The number of methoxy groups -OCH3 is 2. The Kier molecular flexibility index (Phi) is 6.20. The van der Waals surface area contributed by atoms with E-state index in [9.17, 15) is 9.59 Å². The van der Waals surface area contributed by atoms with Crippen LogP contribution < -0.4 is 20.1 Å². The minimum atomic E-state index is -0.346. The Bertz CT molecular complexity index is 710.